The van der Waals surface area contributed by atoms with Crippen LogP contribution in [0.1, 0.15) is 10.4 Å². The van der Waals surface area contributed by atoms with Crippen LogP contribution in [-0.2, 0) is 11.8 Å². The number of carbonyl (C=O) groups is 2. The quantitative estimate of drug-likeness (QED) is 0.741. The van der Waals surface area contributed by atoms with Crippen LogP contribution in [0.4, 0.5) is 0 Å². The van der Waals surface area contributed by atoms with Crippen molar-refractivity contribution in [1.29, 1.82) is 0 Å². The molecule has 1 amide bonds. The van der Waals surface area contributed by atoms with E-state index in [1.54, 1.807) is 29.9 Å². The average Bonchev–Trinajstić information content (AvgIpc) is 2.73. The Hall–Kier alpha value is -2.34. The Bertz CT molecular complexity index is 633. The monoisotopic (exact) mass is 262 g/mol. The average molecular weight is 262 g/mol. The van der Waals surface area contributed by atoms with Gasteiger partial charge in [-0.2, -0.15) is 0 Å². The van der Waals surface area contributed by atoms with Crippen molar-refractivity contribution in [2.75, 3.05) is 6.61 Å². The van der Waals surface area contributed by atoms with Crippen molar-refractivity contribution in [2.24, 2.45) is 7.05 Å². The molecule has 1 atom stereocenters. The zero-order chi connectivity index (χ0) is 14.0. The van der Waals surface area contributed by atoms with Crippen LogP contribution in [0.3, 0.4) is 0 Å². The second-order valence-electron chi connectivity index (χ2n) is 4.22. The lowest BCUT2D eigenvalue weighted by molar-refractivity contribution is -0.140. The molecule has 1 aromatic heterocycles. The molecule has 1 aromatic carbocycles. The van der Waals surface area contributed by atoms with Crippen molar-refractivity contribution >= 4 is 22.8 Å². The summed E-state index contributed by atoms with van der Waals surface area (Å²) < 4.78 is 1.79. The molecular weight excluding hydrogens is 248 g/mol. The van der Waals surface area contributed by atoms with Gasteiger partial charge in [-0.3, -0.25) is 4.79 Å². The maximum atomic E-state index is 12.0. The highest BCUT2D eigenvalue weighted by Crippen LogP contribution is 2.20. The maximum absolute atomic E-state index is 12.0. The number of aliphatic carboxylic acids is 1. The highest BCUT2D eigenvalue weighted by molar-refractivity contribution is 6.07. The van der Waals surface area contributed by atoms with E-state index in [9.17, 15) is 9.59 Å². The molecule has 0 bridgehead atoms. The molecule has 0 aliphatic rings. The van der Waals surface area contributed by atoms with E-state index in [1.165, 1.54) is 0 Å². The number of aryl methyl sites for hydroxylation is 1. The summed E-state index contributed by atoms with van der Waals surface area (Å²) in [5, 5.41) is 20.7. The van der Waals surface area contributed by atoms with Gasteiger partial charge in [0, 0.05) is 24.1 Å². The number of nitrogens with zero attached hydrogens (tertiary/aromatic N) is 1. The number of aliphatic hydroxyl groups excluding tert-OH is 1. The molecule has 0 spiro atoms. The molecule has 2 aromatic rings. The number of fused-ring (bicyclic) bond motifs is 1. The van der Waals surface area contributed by atoms with Gasteiger partial charge in [-0.25, -0.2) is 4.79 Å². The predicted octanol–water partition coefficient (Wildman–Crippen LogP) is 0.354. The molecule has 0 radical (unpaired) electrons. The van der Waals surface area contributed by atoms with Gasteiger partial charge in [-0.15, -0.1) is 0 Å². The molecule has 3 N–H and O–H groups in total. The Morgan fingerprint density at radius 2 is 2.05 bits per heavy atom. The van der Waals surface area contributed by atoms with Crippen LogP contribution in [0, 0.1) is 0 Å². The molecule has 0 fully saturated rings. The lowest BCUT2D eigenvalue weighted by atomic mass is 10.1. The van der Waals surface area contributed by atoms with Crippen LogP contribution in [0.2, 0.25) is 0 Å². The number of carboxylic acids is 1. The van der Waals surface area contributed by atoms with Crippen LogP contribution in [-0.4, -0.2) is 39.3 Å². The van der Waals surface area contributed by atoms with Crippen molar-refractivity contribution in [3.05, 3.63) is 36.0 Å². The number of hydrogen-bond donors (Lipinski definition) is 3. The number of para-hydroxylation sites is 1. The van der Waals surface area contributed by atoms with Gasteiger partial charge in [0.15, 0.2) is 6.04 Å². The summed E-state index contributed by atoms with van der Waals surface area (Å²) in [6, 6.07) is 6.02. The molecule has 0 unspecified atom stereocenters. The fourth-order valence-electron chi connectivity index (χ4n) is 1.94. The van der Waals surface area contributed by atoms with Crippen molar-refractivity contribution in [2.45, 2.75) is 6.04 Å². The Kier molecular flexibility index (Phi) is 3.52. The molecule has 0 saturated heterocycles. The van der Waals surface area contributed by atoms with Gasteiger partial charge >= 0.3 is 5.97 Å². The van der Waals surface area contributed by atoms with Crippen LogP contribution >= 0.6 is 0 Å². The van der Waals surface area contributed by atoms with E-state index in [-0.39, 0.29) is 0 Å². The van der Waals surface area contributed by atoms with E-state index in [0.717, 1.165) is 10.9 Å². The standard InChI is InChI=1S/C13H14N2O4/c1-15-6-9(8-4-2-3-5-11(8)15)12(17)14-10(7-16)13(18)19/h2-6,10,16H,7H2,1H3,(H,14,17)(H,18,19)/t10-/m1/s1. The minimum Gasteiger partial charge on any atom is -0.480 e. The molecule has 100 valence electrons. The van der Waals surface area contributed by atoms with Gasteiger partial charge in [0.2, 0.25) is 0 Å². The number of amides is 1. The van der Waals surface area contributed by atoms with Gasteiger partial charge in [-0.05, 0) is 6.07 Å². The SMILES string of the molecule is Cn1cc(C(=O)N[C@H](CO)C(=O)O)c2ccccc21. The molecule has 2 rings (SSSR count). The van der Waals surface area contributed by atoms with Crippen molar-refractivity contribution in [1.82, 2.24) is 9.88 Å². The molecule has 0 aliphatic heterocycles. The molecule has 0 aliphatic carbocycles. The minimum absolute atomic E-state index is 0.387. The number of aromatic nitrogens is 1. The summed E-state index contributed by atoms with van der Waals surface area (Å²) in [5.41, 5.74) is 1.27. The van der Waals surface area contributed by atoms with Gasteiger partial charge < -0.3 is 20.1 Å². The van der Waals surface area contributed by atoms with Crippen molar-refractivity contribution < 1.29 is 19.8 Å². The third-order valence-electron chi connectivity index (χ3n) is 2.93. The second-order valence-corrected chi connectivity index (χ2v) is 4.22. The Balaban J connectivity index is 2.34. The van der Waals surface area contributed by atoms with Crippen LogP contribution < -0.4 is 5.32 Å². The Morgan fingerprint density at radius 3 is 2.68 bits per heavy atom. The number of aliphatic hydroxyl groups is 1. The normalized spacial score (nSPS) is 12.3. The first-order chi connectivity index (χ1) is 9.04. The Labute approximate surface area is 109 Å². The smallest absolute Gasteiger partial charge is 0.328 e. The van der Waals surface area contributed by atoms with E-state index < -0.39 is 24.5 Å². The Morgan fingerprint density at radius 1 is 1.37 bits per heavy atom. The van der Waals surface area contributed by atoms with Crippen LogP contribution in [0.25, 0.3) is 10.9 Å². The summed E-state index contributed by atoms with van der Waals surface area (Å²) in [6.45, 7) is -0.647. The fraction of sp³-hybridized carbons (Fsp3) is 0.231. The second kappa shape index (κ2) is 5.11. The topological polar surface area (TPSA) is 91.6 Å². The number of carbonyl (C=O) groups excluding carboxylic acids is 1. The number of benzene rings is 1. The van der Waals surface area contributed by atoms with Gasteiger partial charge in [0.05, 0.1) is 12.2 Å². The predicted molar refractivity (Wildman–Crippen MR) is 68.9 cm³/mol. The lowest BCUT2D eigenvalue weighted by Gasteiger charge is -2.10. The molecule has 19 heavy (non-hydrogen) atoms. The summed E-state index contributed by atoms with van der Waals surface area (Å²) in [7, 11) is 1.81. The lowest BCUT2D eigenvalue weighted by Crippen LogP contribution is -2.43. The minimum atomic E-state index is -1.30. The molecule has 6 heteroatoms. The zero-order valence-electron chi connectivity index (χ0n) is 10.3. The first-order valence-corrected chi connectivity index (χ1v) is 5.73. The number of rotatable bonds is 4. The van der Waals surface area contributed by atoms with E-state index in [1.807, 2.05) is 12.1 Å². The molecular formula is C13H14N2O4. The van der Waals surface area contributed by atoms with E-state index in [2.05, 4.69) is 5.32 Å². The number of hydrogen-bond acceptors (Lipinski definition) is 3. The third kappa shape index (κ3) is 2.43. The van der Waals surface area contributed by atoms with E-state index in [0.29, 0.717) is 5.56 Å². The van der Waals surface area contributed by atoms with Gasteiger partial charge in [0.1, 0.15) is 0 Å². The molecule has 1 heterocycles. The van der Waals surface area contributed by atoms with E-state index in [4.69, 9.17) is 10.2 Å². The van der Waals surface area contributed by atoms with Crippen LogP contribution in [0.5, 0.6) is 0 Å². The maximum Gasteiger partial charge on any atom is 0.328 e. The third-order valence-corrected chi connectivity index (χ3v) is 2.93. The largest absolute Gasteiger partial charge is 0.480 e. The van der Waals surface area contributed by atoms with E-state index >= 15 is 0 Å². The van der Waals surface area contributed by atoms with Crippen molar-refractivity contribution in [3.8, 4) is 0 Å². The summed E-state index contributed by atoms with van der Waals surface area (Å²) in [4.78, 5) is 22.8. The number of nitrogens with one attached hydrogen (secondary N) is 1. The zero-order valence-corrected chi connectivity index (χ0v) is 10.3. The summed E-state index contributed by atoms with van der Waals surface area (Å²) in [6.07, 6.45) is 1.64. The van der Waals surface area contributed by atoms with Gasteiger partial charge in [0.25, 0.3) is 5.91 Å². The highest BCUT2D eigenvalue weighted by atomic mass is 16.4. The molecule has 6 nitrogen and oxygen atoms in total. The van der Waals surface area contributed by atoms with Crippen molar-refractivity contribution in [3.63, 3.8) is 0 Å². The summed E-state index contributed by atoms with van der Waals surface area (Å²) in [5.74, 6) is -1.78. The molecule has 0 saturated carbocycles. The summed E-state index contributed by atoms with van der Waals surface area (Å²) >= 11 is 0. The first kappa shape index (κ1) is 13.1. The number of carboxylic acid groups (broad SMARTS) is 1. The highest BCUT2D eigenvalue weighted by Gasteiger charge is 2.21. The first-order valence-electron chi connectivity index (χ1n) is 5.73. The van der Waals surface area contributed by atoms with Gasteiger partial charge in [-0.1, -0.05) is 18.2 Å². The fourth-order valence-corrected chi connectivity index (χ4v) is 1.94. The van der Waals surface area contributed by atoms with Crippen LogP contribution in [0.15, 0.2) is 30.5 Å².